The molecule has 0 bridgehead atoms. The monoisotopic (exact) mass is 487 g/mol. The largest absolute Gasteiger partial charge is 0.435 e. The first-order valence-corrected chi connectivity index (χ1v) is 10.5. The summed E-state index contributed by atoms with van der Waals surface area (Å²) < 4.78 is 41.5. The number of hydrogen-bond donors (Lipinski definition) is 1. The molecule has 0 aliphatic rings. The smallest absolute Gasteiger partial charge is 0.323 e. The Balaban J connectivity index is 1.73. The van der Waals surface area contributed by atoms with Gasteiger partial charge in [0.05, 0.1) is 36.1 Å². The molecule has 32 heavy (non-hydrogen) atoms. The van der Waals surface area contributed by atoms with Gasteiger partial charge in [0, 0.05) is 15.7 Å². The number of hydrogen-bond acceptors (Lipinski definition) is 3. The molecule has 6 nitrogen and oxygen atoms in total. The van der Waals surface area contributed by atoms with E-state index in [2.05, 4.69) is 15.5 Å². The number of alkyl halides is 3. The number of anilines is 1. The van der Waals surface area contributed by atoms with Crippen LogP contribution in [0.1, 0.15) is 35.3 Å². The molecule has 0 aliphatic carbocycles. The number of carbonyl (C=O) groups is 1. The van der Waals surface area contributed by atoms with Crippen molar-refractivity contribution >= 4 is 34.8 Å². The second kappa shape index (κ2) is 9.15. The molecule has 0 saturated heterocycles. The van der Waals surface area contributed by atoms with Gasteiger partial charge in [0.1, 0.15) is 0 Å². The third-order valence-corrected chi connectivity index (χ3v) is 5.72. The fourth-order valence-corrected chi connectivity index (χ4v) is 3.73. The molecule has 172 valence electrons. The molecule has 1 unspecified atom stereocenters. The van der Waals surface area contributed by atoms with E-state index in [4.69, 9.17) is 23.2 Å². The SMILES string of the molecule is Cc1nn(Cc2ccc(Cl)cc2Cl)c(C)c1NC(=O)C(C)Cn1nc(C(F)(F)F)cc1C. The van der Waals surface area contributed by atoms with Crippen LogP contribution in [0.2, 0.25) is 10.0 Å². The minimum atomic E-state index is -4.53. The Morgan fingerprint density at radius 2 is 1.81 bits per heavy atom. The average Bonchev–Trinajstić information content (AvgIpc) is 3.18. The third kappa shape index (κ3) is 5.27. The van der Waals surface area contributed by atoms with Crippen molar-refractivity contribution in [1.29, 1.82) is 0 Å². The van der Waals surface area contributed by atoms with E-state index in [-0.39, 0.29) is 12.5 Å². The van der Waals surface area contributed by atoms with E-state index in [0.717, 1.165) is 17.3 Å². The molecule has 0 fully saturated rings. The summed E-state index contributed by atoms with van der Waals surface area (Å²) in [6, 6.07) is 6.16. The van der Waals surface area contributed by atoms with Gasteiger partial charge in [-0.2, -0.15) is 23.4 Å². The van der Waals surface area contributed by atoms with Crippen LogP contribution >= 0.6 is 23.2 Å². The van der Waals surface area contributed by atoms with Crippen LogP contribution in [0.3, 0.4) is 0 Å². The van der Waals surface area contributed by atoms with Crippen molar-refractivity contribution in [3.05, 3.63) is 62.6 Å². The Morgan fingerprint density at radius 1 is 1.12 bits per heavy atom. The predicted molar refractivity (Wildman–Crippen MR) is 117 cm³/mol. The Bertz CT molecular complexity index is 1150. The van der Waals surface area contributed by atoms with Gasteiger partial charge in [0.15, 0.2) is 5.69 Å². The summed E-state index contributed by atoms with van der Waals surface area (Å²) in [7, 11) is 0. The van der Waals surface area contributed by atoms with E-state index in [9.17, 15) is 18.0 Å². The van der Waals surface area contributed by atoms with Gasteiger partial charge >= 0.3 is 6.18 Å². The van der Waals surface area contributed by atoms with Gasteiger partial charge in [-0.15, -0.1) is 0 Å². The molecular formula is C21H22Cl2F3N5O. The van der Waals surface area contributed by atoms with Gasteiger partial charge in [-0.25, -0.2) is 0 Å². The first kappa shape index (κ1) is 24.1. The number of benzene rings is 1. The molecular weight excluding hydrogens is 466 g/mol. The minimum absolute atomic E-state index is 0.0142. The zero-order chi connectivity index (χ0) is 23.8. The van der Waals surface area contributed by atoms with Crippen LogP contribution in [-0.2, 0) is 24.1 Å². The number of nitrogens with one attached hydrogen (secondary N) is 1. The molecule has 2 aromatic heterocycles. The van der Waals surface area contributed by atoms with Crippen LogP contribution in [0.15, 0.2) is 24.3 Å². The number of amides is 1. The highest BCUT2D eigenvalue weighted by atomic mass is 35.5. The molecule has 1 aromatic carbocycles. The lowest BCUT2D eigenvalue weighted by molar-refractivity contribution is -0.141. The molecule has 1 atom stereocenters. The third-order valence-electron chi connectivity index (χ3n) is 5.13. The van der Waals surface area contributed by atoms with Crippen molar-refractivity contribution in [3.63, 3.8) is 0 Å². The summed E-state index contributed by atoms with van der Waals surface area (Å²) in [5.41, 5.74) is 2.07. The molecule has 3 aromatic rings. The van der Waals surface area contributed by atoms with Crippen molar-refractivity contribution < 1.29 is 18.0 Å². The van der Waals surface area contributed by atoms with E-state index in [0.29, 0.717) is 33.7 Å². The standard InChI is InChI=1S/C21H22Cl2F3N5O/c1-11(9-30-12(2)7-18(29-30)21(24,25)26)20(32)27-19-13(3)28-31(14(19)4)10-15-5-6-16(22)8-17(15)23/h5-8,11H,9-10H2,1-4H3,(H,27,32). The lowest BCUT2D eigenvalue weighted by atomic mass is 10.1. The topological polar surface area (TPSA) is 64.7 Å². The number of halogens is 5. The number of carbonyl (C=O) groups excluding carboxylic acids is 1. The van der Waals surface area contributed by atoms with Crippen LogP contribution in [0, 0.1) is 26.7 Å². The predicted octanol–water partition coefficient (Wildman–Crippen LogP) is 5.65. The minimum Gasteiger partial charge on any atom is -0.323 e. The lowest BCUT2D eigenvalue weighted by Crippen LogP contribution is -2.26. The average molecular weight is 488 g/mol. The van der Waals surface area contributed by atoms with Gasteiger partial charge < -0.3 is 5.32 Å². The van der Waals surface area contributed by atoms with Crippen LogP contribution in [0.25, 0.3) is 0 Å². The highest BCUT2D eigenvalue weighted by Gasteiger charge is 2.34. The highest BCUT2D eigenvalue weighted by molar-refractivity contribution is 6.35. The number of rotatable bonds is 6. The van der Waals surface area contributed by atoms with E-state index < -0.39 is 17.8 Å². The molecule has 2 heterocycles. The van der Waals surface area contributed by atoms with Crippen molar-refractivity contribution in [3.8, 4) is 0 Å². The van der Waals surface area contributed by atoms with E-state index in [1.807, 2.05) is 13.0 Å². The Kier molecular flexibility index (Phi) is 6.90. The quantitative estimate of drug-likeness (QED) is 0.488. The normalized spacial score (nSPS) is 12.8. The van der Waals surface area contributed by atoms with Gasteiger partial charge in [-0.1, -0.05) is 36.2 Å². The second-order valence-corrected chi connectivity index (χ2v) is 8.52. The summed E-state index contributed by atoms with van der Waals surface area (Å²) in [6.45, 7) is 7.14. The molecule has 1 amide bonds. The zero-order valence-corrected chi connectivity index (χ0v) is 19.4. The number of aryl methyl sites for hydroxylation is 2. The second-order valence-electron chi connectivity index (χ2n) is 7.68. The van der Waals surface area contributed by atoms with Crippen molar-refractivity contribution in [1.82, 2.24) is 19.6 Å². The Labute approximate surface area is 193 Å². The van der Waals surface area contributed by atoms with Crippen molar-refractivity contribution in [2.24, 2.45) is 5.92 Å². The summed E-state index contributed by atoms with van der Waals surface area (Å²) >= 11 is 12.2. The Morgan fingerprint density at radius 3 is 2.41 bits per heavy atom. The van der Waals surface area contributed by atoms with Gasteiger partial charge in [0.25, 0.3) is 0 Å². The summed E-state index contributed by atoms with van der Waals surface area (Å²) in [4.78, 5) is 12.7. The Hall–Kier alpha value is -2.52. The first-order valence-electron chi connectivity index (χ1n) is 9.77. The molecule has 0 saturated carbocycles. The van der Waals surface area contributed by atoms with Crippen LogP contribution < -0.4 is 5.32 Å². The summed E-state index contributed by atoms with van der Waals surface area (Å²) in [5, 5.41) is 11.9. The van der Waals surface area contributed by atoms with E-state index >= 15 is 0 Å². The van der Waals surface area contributed by atoms with E-state index in [1.54, 1.807) is 30.7 Å². The molecule has 3 rings (SSSR count). The maximum absolute atomic E-state index is 12.9. The summed E-state index contributed by atoms with van der Waals surface area (Å²) in [6.07, 6.45) is -4.53. The number of aromatic nitrogens is 4. The first-order chi connectivity index (χ1) is 14.9. The van der Waals surface area contributed by atoms with Crippen LogP contribution in [-0.4, -0.2) is 25.5 Å². The summed E-state index contributed by atoms with van der Waals surface area (Å²) in [5.74, 6) is -0.966. The maximum atomic E-state index is 12.9. The number of nitrogens with zero attached hydrogens (tertiary/aromatic N) is 4. The maximum Gasteiger partial charge on any atom is 0.435 e. The van der Waals surface area contributed by atoms with Crippen LogP contribution in [0.5, 0.6) is 0 Å². The van der Waals surface area contributed by atoms with Gasteiger partial charge in [0.2, 0.25) is 5.91 Å². The van der Waals surface area contributed by atoms with Gasteiger partial charge in [-0.3, -0.25) is 14.2 Å². The fraction of sp³-hybridized carbons (Fsp3) is 0.381. The van der Waals surface area contributed by atoms with Crippen molar-refractivity contribution in [2.75, 3.05) is 5.32 Å². The molecule has 0 aliphatic heterocycles. The molecule has 11 heteroatoms. The molecule has 1 N–H and O–H groups in total. The van der Waals surface area contributed by atoms with Crippen LogP contribution in [0.4, 0.5) is 18.9 Å². The zero-order valence-electron chi connectivity index (χ0n) is 17.9. The van der Waals surface area contributed by atoms with E-state index in [1.165, 1.54) is 11.6 Å². The fourth-order valence-electron chi connectivity index (χ4n) is 3.27. The molecule has 0 radical (unpaired) electrons. The lowest BCUT2D eigenvalue weighted by Gasteiger charge is -2.14. The molecule has 0 spiro atoms. The highest BCUT2D eigenvalue weighted by Crippen LogP contribution is 2.29. The van der Waals surface area contributed by atoms with Crippen molar-refractivity contribution in [2.45, 2.75) is 47.0 Å². The van der Waals surface area contributed by atoms with Gasteiger partial charge in [-0.05, 0) is 44.5 Å².